The maximum atomic E-state index is 13.5. The lowest BCUT2D eigenvalue weighted by molar-refractivity contribution is 0.0943. The van der Waals surface area contributed by atoms with Crippen molar-refractivity contribution in [1.82, 2.24) is 19.4 Å². The number of amides is 1. The van der Waals surface area contributed by atoms with E-state index in [2.05, 4.69) is 22.0 Å². The van der Waals surface area contributed by atoms with E-state index in [1.165, 1.54) is 0 Å². The number of carbonyl (C=O) groups excluding carboxylic acids is 2. The molecular formula is C27H28N4O4. The van der Waals surface area contributed by atoms with Crippen molar-refractivity contribution in [2.75, 3.05) is 27.7 Å². The average Bonchev–Trinajstić information content (AvgIpc) is 3.44. The number of hydrogen-bond acceptors (Lipinski definition) is 5. The average molecular weight is 473 g/mol. The van der Waals surface area contributed by atoms with Crippen LogP contribution in [0.4, 0.5) is 0 Å². The lowest BCUT2D eigenvalue weighted by Gasteiger charge is -2.20. The van der Waals surface area contributed by atoms with E-state index in [9.17, 15) is 14.7 Å². The number of hydrogen-bond donors (Lipinski definition) is 2. The Hall–Kier alpha value is -3.62. The first-order chi connectivity index (χ1) is 16.8. The van der Waals surface area contributed by atoms with Gasteiger partial charge < -0.3 is 29.2 Å². The van der Waals surface area contributed by atoms with Crippen LogP contribution < -0.4 is 5.32 Å². The number of fused-ring (bicyclic) bond motifs is 10. The lowest BCUT2D eigenvalue weighted by Crippen LogP contribution is -2.30. The summed E-state index contributed by atoms with van der Waals surface area (Å²) in [5.74, 6) is 0.352. The van der Waals surface area contributed by atoms with Gasteiger partial charge in [-0.15, -0.1) is 0 Å². The molecule has 1 amide bonds. The van der Waals surface area contributed by atoms with Gasteiger partial charge in [-0.1, -0.05) is 18.2 Å². The Morgan fingerprint density at radius 2 is 1.94 bits per heavy atom. The van der Waals surface area contributed by atoms with Gasteiger partial charge in [-0.2, -0.15) is 0 Å². The highest BCUT2D eigenvalue weighted by Crippen LogP contribution is 2.45. The van der Waals surface area contributed by atoms with Gasteiger partial charge in [0.15, 0.2) is 5.78 Å². The second-order valence-corrected chi connectivity index (χ2v) is 9.76. The van der Waals surface area contributed by atoms with Gasteiger partial charge in [0.25, 0.3) is 5.91 Å². The summed E-state index contributed by atoms with van der Waals surface area (Å²) in [7, 11) is 7.39. The van der Waals surface area contributed by atoms with Crippen molar-refractivity contribution in [3.05, 3.63) is 52.4 Å². The van der Waals surface area contributed by atoms with E-state index < -0.39 is 6.10 Å². The predicted octanol–water partition coefficient (Wildman–Crippen LogP) is 3.03. The predicted molar refractivity (Wildman–Crippen MR) is 136 cm³/mol. The molecule has 180 valence electrons. The van der Waals surface area contributed by atoms with Gasteiger partial charge in [0.05, 0.1) is 48.5 Å². The summed E-state index contributed by atoms with van der Waals surface area (Å²) in [6.45, 7) is 1.13. The summed E-state index contributed by atoms with van der Waals surface area (Å²) in [5, 5.41) is 16.8. The van der Waals surface area contributed by atoms with E-state index in [1.54, 1.807) is 7.11 Å². The molecule has 4 aromatic rings. The molecule has 0 bridgehead atoms. The highest BCUT2D eigenvalue weighted by atomic mass is 16.5. The van der Waals surface area contributed by atoms with Crippen LogP contribution in [0.1, 0.15) is 38.4 Å². The number of aliphatic hydroxyl groups excluding tert-OH is 1. The Kier molecular flexibility index (Phi) is 4.81. The number of nitrogens with one attached hydrogen (secondary N) is 1. The Morgan fingerprint density at radius 1 is 1.17 bits per heavy atom. The summed E-state index contributed by atoms with van der Waals surface area (Å²) < 4.78 is 9.57. The molecule has 2 aromatic carbocycles. The molecule has 6 rings (SSSR count). The number of ether oxygens (including phenoxy) is 1. The van der Waals surface area contributed by atoms with E-state index in [4.69, 9.17) is 4.74 Å². The van der Waals surface area contributed by atoms with Crippen LogP contribution in [0.15, 0.2) is 30.0 Å². The molecule has 0 saturated heterocycles. The molecule has 2 aliphatic rings. The summed E-state index contributed by atoms with van der Waals surface area (Å²) >= 11 is 0. The number of rotatable bonds is 5. The third-order valence-electron chi connectivity index (χ3n) is 7.27. The molecule has 3 heterocycles. The number of aliphatic hydroxyl groups is 1. The topological polar surface area (TPSA) is 88.7 Å². The van der Waals surface area contributed by atoms with Gasteiger partial charge in [-0.25, -0.2) is 0 Å². The molecule has 0 radical (unpaired) electrons. The van der Waals surface area contributed by atoms with Gasteiger partial charge in [-0.3, -0.25) is 9.59 Å². The Bertz CT molecular complexity index is 1600. The minimum atomic E-state index is -0.697. The van der Waals surface area contributed by atoms with Crippen molar-refractivity contribution >= 4 is 50.5 Å². The van der Waals surface area contributed by atoms with E-state index in [1.807, 2.05) is 48.8 Å². The zero-order valence-electron chi connectivity index (χ0n) is 20.3. The number of para-hydroxylation sites is 1. The first kappa shape index (κ1) is 21.9. The van der Waals surface area contributed by atoms with Crippen molar-refractivity contribution in [3.63, 3.8) is 0 Å². The number of aromatic nitrogens is 2. The molecular weight excluding hydrogens is 444 g/mol. The molecule has 1 aliphatic carbocycles. The second-order valence-electron chi connectivity index (χ2n) is 9.76. The van der Waals surface area contributed by atoms with E-state index >= 15 is 0 Å². The zero-order valence-corrected chi connectivity index (χ0v) is 20.3. The first-order valence-electron chi connectivity index (χ1n) is 11.8. The van der Waals surface area contributed by atoms with Gasteiger partial charge >= 0.3 is 0 Å². The number of likely N-dealkylation sites (N-methyl/N-ethyl adjacent to an activating group) is 1. The van der Waals surface area contributed by atoms with Crippen LogP contribution in [0, 0.1) is 0 Å². The first-order valence-corrected chi connectivity index (χ1v) is 11.8. The zero-order chi connectivity index (χ0) is 24.6. The minimum Gasteiger partial charge on any atom is -0.501 e. The molecule has 0 spiro atoms. The van der Waals surface area contributed by atoms with Gasteiger partial charge in [0.1, 0.15) is 5.76 Å². The van der Waals surface area contributed by atoms with E-state index in [0.29, 0.717) is 35.7 Å². The minimum absolute atomic E-state index is 0.0772. The summed E-state index contributed by atoms with van der Waals surface area (Å²) in [6, 6.07) is 8.16. The van der Waals surface area contributed by atoms with Crippen molar-refractivity contribution in [2.45, 2.75) is 25.6 Å². The van der Waals surface area contributed by atoms with Gasteiger partial charge in [0.2, 0.25) is 0 Å². The number of carbonyl (C=O) groups is 2. The maximum absolute atomic E-state index is 13.5. The van der Waals surface area contributed by atoms with Gasteiger partial charge in [-0.05, 0) is 31.8 Å². The van der Waals surface area contributed by atoms with Crippen molar-refractivity contribution in [2.24, 2.45) is 7.05 Å². The molecule has 1 atom stereocenters. The molecule has 1 unspecified atom stereocenters. The molecule has 2 aromatic heterocycles. The third-order valence-corrected chi connectivity index (χ3v) is 7.27. The van der Waals surface area contributed by atoms with Gasteiger partial charge in [0, 0.05) is 47.4 Å². The van der Waals surface area contributed by atoms with Crippen LogP contribution in [0.2, 0.25) is 0 Å². The van der Waals surface area contributed by atoms with Crippen LogP contribution in [-0.4, -0.2) is 64.7 Å². The SMILES string of the molecule is COC1=Cc2c(n(CC(O)CN(C)C)c3c2c2c(c4c5ccccc5n(C)c43)CNC2=O)C(=O)C1. The van der Waals surface area contributed by atoms with Crippen LogP contribution in [-0.2, 0) is 24.9 Å². The summed E-state index contributed by atoms with van der Waals surface area (Å²) in [5.41, 5.74) is 5.61. The van der Waals surface area contributed by atoms with Crippen LogP contribution in [0.5, 0.6) is 0 Å². The standard InChI is InChI=1S/C27H28N4O4/c1-29(2)12-14(32)13-31-24-17(9-15(35-4)10-20(24)33)22-23-18(11-28-27(23)34)21-16-7-5-6-8-19(16)30(3)25(21)26(22)31/h5-9,14,32H,10-13H2,1-4H3,(H,28,34). The van der Waals surface area contributed by atoms with Crippen molar-refractivity contribution in [3.8, 4) is 0 Å². The van der Waals surface area contributed by atoms with Crippen LogP contribution >= 0.6 is 0 Å². The summed E-state index contributed by atoms with van der Waals surface area (Å²) in [6.07, 6.45) is 1.34. The summed E-state index contributed by atoms with van der Waals surface area (Å²) in [4.78, 5) is 28.6. The van der Waals surface area contributed by atoms with Crippen LogP contribution in [0.3, 0.4) is 0 Å². The number of benzene rings is 2. The van der Waals surface area contributed by atoms with Crippen molar-refractivity contribution < 1.29 is 19.4 Å². The molecule has 8 heteroatoms. The van der Waals surface area contributed by atoms with E-state index in [0.717, 1.165) is 38.3 Å². The third kappa shape index (κ3) is 3.00. The number of methoxy groups -OCH3 is 1. The smallest absolute Gasteiger partial charge is 0.252 e. The molecule has 0 saturated carbocycles. The van der Waals surface area contributed by atoms with Crippen molar-refractivity contribution in [1.29, 1.82) is 0 Å². The largest absolute Gasteiger partial charge is 0.501 e. The Labute approximate surface area is 202 Å². The normalized spacial score (nSPS) is 16.2. The van der Waals surface area contributed by atoms with E-state index in [-0.39, 0.29) is 24.7 Å². The number of allylic oxidation sites excluding steroid dienone is 1. The monoisotopic (exact) mass is 472 g/mol. The highest BCUT2D eigenvalue weighted by molar-refractivity contribution is 6.28. The highest BCUT2D eigenvalue weighted by Gasteiger charge is 2.36. The Morgan fingerprint density at radius 3 is 2.69 bits per heavy atom. The number of ketones is 1. The number of aryl methyl sites for hydroxylation is 1. The second kappa shape index (κ2) is 7.69. The molecule has 8 nitrogen and oxygen atoms in total. The molecule has 2 N–H and O–H groups in total. The fraction of sp³-hybridized carbons (Fsp3) is 0.333. The quantitative estimate of drug-likeness (QED) is 0.466. The fourth-order valence-corrected chi connectivity index (χ4v) is 5.97. The number of Topliss-reactive ketones (excluding diaryl/α,β-unsaturated/α-hetero) is 1. The molecule has 0 fully saturated rings. The maximum Gasteiger partial charge on any atom is 0.252 e. The fourth-order valence-electron chi connectivity index (χ4n) is 5.97. The molecule has 35 heavy (non-hydrogen) atoms. The van der Waals surface area contributed by atoms with Crippen LogP contribution in [0.25, 0.3) is 38.8 Å². The lowest BCUT2D eigenvalue weighted by atomic mass is 9.93. The molecule has 1 aliphatic heterocycles. The number of nitrogens with zero attached hydrogens (tertiary/aromatic N) is 3. The Balaban J connectivity index is 1.84.